The molecule has 1 N–H and O–H groups in total. The molecule has 10 heavy (non-hydrogen) atoms. The molecule has 0 bridgehead atoms. The van der Waals surface area contributed by atoms with Crippen molar-refractivity contribution in [2.24, 2.45) is 0 Å². The summed E-state index contributed by atoms with van der Waals surface area (Å²) in [5.41, 5.74) is -0.828. The number of carbonyl (C=O) groups excluding carboxylic acids is 1. The molecular formula is C6H12ClNaO2. The third-order valence-corrected chi connectivity index (χ3v) is 0.682. The van der Waals surface area contributed by atoms with E-state index in [0.29, 0.717) is 0 Å². The summed E-state index contributed by atoms with van der Waals surface area (Å²) in [5.74, 6) is 0.0255. The molecule has 0 aromatic heterocycles. The number of rotatable bonds is 2. The van der Waals surface area contributed by atoms with E-state index < -0.39 is 5.60 Å². The van der Waals surface area contributed by atoms with Gasteiger partial charge in [-0.1, -0.05) is 0 Å². The predicted molar refractivity (Wildman–Crippen MR) is 31.6 cm³/mol. The van der Waals surface area contributed by atoms with Crippen molar-refractivity contribution in [3.8, 4) is 0 Å². The number of hydrogen-bond donors (Lipinski definition) is 1. The second-order valence-corrected chi connectivity index (χ2v) is 2.69. The van der Waals surface area contributed by atoms with E-state index >= 15 is 0 Å². The summed E-state index contributed by atoms with van der Waals surface area (Å²) in [4.78, 5) is 10.3. The minimum absolute atomic E-state index is 0. The molecule has 0 aromatic carbocycles. The number of ketones is 1. The SMILES string of the molecule is CC(=O)CC(C)(C)O.[Cl-].[Na+]. The van der Waals surface area contributed by atoms with E-state index in [1.165, 1.54) is 6.92 Å². The Morgan fingerprint density at radius 3 is 1.80 bits per heavy atom. The van der Waals surface area contributed by atoms with Gasteiger partial charge in [-0.05, 0) is 20.8 Å². The van der Waals surface area contributed by atoms with Crippen LogP contribution in [0.15, 0.2) is 0 Å². The van der Waals surface area contributed by atoms with Crippen LogP contribution in [0.1, 0.15) is 27.2 Å². The number of Topliss-reactive ketones (excluding diaryl/α,β-unsaturated/α-hetero) is 1. The zero-order chi connectivity index (χ0) is 6.78. The first-order valence-electron chi connectivity index (χ1n) is 2.63. The Morgan fingerprint density at radius 1 is 1.50 bits per heavy atom. The van der Waals surface area contributed by atoms with Crippen molar-refractivity contribution in [2.45, 2.75) is 32.8 Å². The van der Waals surface area contributed by atoms with Crippen LogP contribution in [0.4, 0.5) is 0 Å². The van der Waals surface area contributed by atoms with E-state index in [9.17, 15) is 4.79 Å². The van der Waals surface area contributed by atoms with Crippen LogP contribution < -0.4 is 42.0 Å². The van der Waals surface area contributed by atoms with Crippen molar-refractivity contribution in [2.75, 3.05) is 0 Å². The van der Waals surface area contributed by atoms with E-state index in [1.54, 1.807) is 13.8 Å². The van der Waals surface area contributed by atoms with Crippen molar-refractivity contribution < 1.29 is 51.9 Å². The molecule has 0 amide bonds. The predicted octanol–water partition coefficient (Wildman–Crippen LogP) is -5.26. The zero-order valence-corrected chi connectivity index (χ0v) is 9.70. The maximum Gasteiger partial charge on any atom is 1.00 e. The Hall–Kier alpha value is 0.920. The molecule has 56 valence electrons. The molecule has 0 fully saturated rings. The molecule has 0 rings (SSSR count). The second-order valence-electron chi connectivity index (χ2n) is 2.69. The van der Waals surface area contributed by atoms with Crippen molar-refractivity contribution in [3.63, 3.8) is 0 Å². The summed E-state index contributed by atoms with van der Waals surface area (Å²) in [7, 11) is 0. The monoisotopic (exact) mass is 174 g/mol. The smallest absolute Gasteiger partial charge is 1.00 e. The third-order valence-electron chi connectivity index (χ3n) is 0.682. The van der Waals surface area contributed by atoms with Gasteiger partial charge in [-0.15, -0.1) is 0 Å². The van der Waals surface area contributed by atoms with Gasteiger partial charge >= 0.3 is 29.6 Å². The quantitative estimate of drug-likeness (QED) is 0.425. The molecule has 0 atom stereocenters. The van der Waals surface area contributed by atoms with Crippen LogP contribution in [-0.2, 0) is 4.79 Å². The Balaban J connectivity index is -0.000000245. The maximum atomic E-state index is 10.3. The van der Waals surface area contributed by atoms with Crippen LogP contribution in [0.25, 0.3) is 0 Å². The summed E-state index contributed by atoms with van der Waals surface area (Å²) in [6.45, 7) is 4.71. The van der Waals surface area contributed by atoms with Gasteiger partial charge in [0, 0.05) is 6.42 Å². The molecule has 0 aromatic rings. The first kappa shape index (κ1) is 17.1. The Morgan fingerprint density at radius 2 is 1.80 bits per heavy atom. The molecule has 0 aliphatic carbocycles. The molecule has 0 saturated carbocycles. The van der Waals surface area contributed by atoms with Gasteiger partial charge in [0.2, 0.25) is 0 Å². The molecule has 0 unspecified atom stereocenters. The number of halogens is 1. The van der Waals surface area contributed by atoms with Crippen molar-refractivity contribution >= 4 is 5.78 Å². The number of hydrogen-bond acceptors (Lipinski definition) is 2. The molecule has 0 radical (unpaired) electrons. The van der Waals surface area contributed by atoms with Gasteiger partial charge in [-0.3, -0.25) is 4.79 Å². The van der Waals surface area contributed by atoms with Crippen molar-refractivity contribution in [1.29, 1.82) is 0 Å². The fourth-order valence-corrected chi connectivity index (χ4v) is 0.609. The Labute approximate surface area is 90.1 Å². The largest absolute Gasteiger partial charge is 1.00 e. The van der Waals surface area contributed by atoms with E-state index in [0.717, 1.165) is 0 Å². The minimum Gasteiger partial charge on any atom is -1.00 e. The van der Waals surface area contributed by atoms with Gasteiger partial charge in [0.05, 0.1) is 5.60 Å². The van der Waals surface area contributed by atoms with Crippen molar-refractivity contribution in [1.82, 2.24) is 0 Å². The molecule has 0 saturated heterocycles. The van der Waals surface area contributed by atoms with E-state index in [4.69, 9.17) is 5.11 Å². The van der Waals surface area contributed by atoms with E-state index in [2.05, 4.69) is 0 Å². The maximum absolute atomic E-state index is 10.3. The summed E-state index contributed by atoms with van der Waals surface area (Å²) >= 11 is 0. The van der Waals surface area contributed by atoms with Gasteiger partial charge in [0.1, 0.15) is 5.78 Å². The average Bonchev–Trinajstić information content (AvgIpc) is 1.21. The normalized spacial score (nSPS) is 9.20. The van der Waals surface area contributed by atoms with Crippen LogP contribution in [0.3, 0.4) is 0 Å². The van der Waals surface area contributed by atoms with Gasteiger partial charge in [0.25, 0.3) is 0 Å². The Bertz CT molecular complexity index is 98.4. The molecular weight excluding hydrogens is 163 g/mol. The van der Waals surface area contributed by atoms with Gasteiger partial charge < -0.3 is 17.5 Å². The molecule has 0 aliphatic heterocycles. The first-order chi connectivity index (χ1) is 3.42. The van der Waals surface area contributed by atoms with Crippen LogP contribution in [0.2, 0.25) is 0 Å². The minimum atomic E-state index is -0.828. The van der Waals surface area contributed by atoms with Crippen molar-refractivity contribution in [3.05, 3.63) is 0 Å². The molecule has 0 heterocycles. The summed E-state index contributed by atoms with van der Waals surface area (Å²) in [6, 6.07) is 0. The average molecular weight is 175 g/mol. The molecule has 0 spiro atoms. The second kappa shape index (κ2) is 6.62. The van der Waals surface area contributed by atoms with Crippen LogP contribution in [0.5, 0.6) is 0 Å². The molecule has 0 aliphatic rings. The van der Waals surface area contributed by atoms with Gasteiger partial charge in [-0.25, -0.2) is 0 Å². The van der Waals surface area contributed by atoms with Gasteiger partial charge in [0.15, 0.2) is 0 Å². The summed E-state index contributed by atoms with van der Waals surface area (Å²) < 4.78 is 0. The standard InChI is InChI=1S/C6H12O2.ClH.Na/c1-5(7)4-6(2,3)8;;/h8H,4H2,1-3H3;1H;/q;;+1/p-1. The van der Waals surface area contributed by atoms with Crippen LogP contribution in [-0.4, -0.2) is 16.5 Å². The number of aliphatic hydroxyl groups is 1. The van der Waals surface area contributed by atoms with Crippen LogP contribution in [0, 0.1) is 0 Å². The van der Waals surface area contributed by atoms with Crippen LogP contribution >= 0.6 is 0 Å². The third kappa shape index (κ3) is 16.0. The van der Waals surface area contributed by atoms with E-state index in [-0.39, 0.29) is 54.2 Å². The topological polar surface area (TPSA) is 37.3 Å². The summed E-state index contributed by atoms with van der Waals surface area (Å²) in [5, 5.41) is 8.97. The Kier molecular flexibility index (Phi) is 11.3. The number of carbonyl (C=O) groups is 1. The first-order valence-corrected chi connectivity index (χ1v) is 2.63. The molecule has 2 nitrogen and oxygen atoms in total. The molecule has 4 heteroatoms. The fraction of sp³-hybridized carbons (Fsp3) is 0.833. The van der Waals surface area contributed by atoms with E-state index in [1.807, 2.05) is 0 Å². The zero-order valence-electron chi connectivity index (χ0n) is 6.94. The summed E-state index contributed by atoms with van der Waals surface area (Å²) in [6.07, 6.45) is 0.243. The van der Waals surface area contributed by atoms with Gasteiger partial charge in [-0.2, -0.15) is 0 Å². The fourth-order valence-electron chi connectivity index (χ4n) is 0.609.